The van der Waals surface area contributed by atoms with E-state index < -0.39 is 27.9 Å². The van der Waals surface area contributed by atoms with Crippen LogP contribution in [0.5, 0.6) is 5.75 Å². The molecule has 1 aromatic carbocycles. The van der Waals surface area contributed by atoms with Gasteiger partial charge in [-0.25, -0.2) is 8.42 Å². The number of alkyl halides is 3. The van der Waals surface area contributed by atoms with Gasteiger partial charge in [0.25, 0.3) is 0 Å². The first-order valence-electron chi connectivity index (χ1n) is 5.47. The molecule has 5 nitrogen and oxygen atoms in total. The number of sulfone groups is 1. The molecular formula is C11H10F3NO4S. The fourth-order valence-electron chi connectivity index (χ4n) is 1.79. The van der Waals surface area contributed by atoms with Crippen molar-refractivity contribution in [1.82, 2.24) is 4.90 Å². The summed E-state index contributed by atoms with van der Waals surface area (Å²) in [5.74, 6) is -1.78. The minimum absolute atomic E-state index is 0.0321. The van der Waals surface area contributed by atoms with Crippen molar-refractivity contribution in [3.05, 3.63) is 29.8 Å². The molecule has 0 saturated carbocycles. The third kappa shape index (κ3) is 3.86. The largest absolute Gasteiger partial charge is 0.573 e. The highest BCUT2D eigenvalue weighted by atomic mass is 32.2. The molecule has 0 atom stereocenters. The summed E-state index contributed by atoms with van der Waals surface area (Å²) in [5, 5.41) is 0. The van der Waals surface area contributed by atoms with Gasteiger partial charge in [0.15, 0.2) is 9.84 Å². The second-order valence-corrected chi connectivity index (χ2v) is 6.33. The first kappa shape index (κ1) is 14.6. The second-order valence-electron chi connectivity index (χ2n) is 4.30. The van der Waals surface area contributed by atoms with E-state index in [4.69, 9.17) is 0 Å². The lowest BCUT2D eigenvalue weighted by Gasteiger charge is -2.14. The summed E-state index contributed by atoms with van der Waals surface area (Å²) in [5.41, 5.74) is 0.518. The molecule has 1 aromatic rings. The van der Waals surface area contributed by atoms with Crippen molar-refractivity contribution in [2.24, 2.45) is 0 Å². The van der Waals surface area contributed by atoms with Crippen LogP contribution in [0.15, 0.2) is 24.3 Å². The molecule has 110 valence electrons. The van der Waals surface area contributed by atoms with Gasteiger partial charge in [-0.1, -0.05) is 12.1 Å². The normalized spacial score (nSPS) is 18.4. The zero-order valence-electron chi connectivity index (χ0n) is 10.1. The SMILES string of the molecule is O=C1CS(=O)(=O)CN1Cc1ccc(OC(F)(F)F)cc1. The van der Waals surface area contributed by atoms with Gasteiger partial charge < -0.3 is 9.64 Å². The molecule has 0 N–H and O–H groups in total. The topological polar surface area (TPSA) is 63.7 Å². The number of hydrogen-bond acceptors (Lipinski definition) is 4. The molecule has 1 aliphatic heterocycles. The standard InChI is InChI=1S/C11H10F3NO4S/c12-11(13,14)19-9-3-1-8(2-4-9)5-15-7-20(17,18)6-10(15)16/h1-4H,5-7H2. The highest BCUT2D eigenvalue weighted by molar-refractivity contribution is 7.92. The number of carbonyl (C=O) groups excluding carboxylic acids is 1. The molecular weight excluding hydrogens is 299 g/mol. The molecule has 1 saturated heterocycles. The van der Waals surface area contributed by atoms with E-state index in [1.54, 1.807) is 0 Å². The minimum atomic E-state index is -4.76. The lowest BCUT2D eigenvalue weighted by molar-refractivity contribution is -0.274. The van der Waals surface area contributed by atoms with E-state index >= 15 is 0 Å². The molecule has 1 heterocycles. The zero-order valence-corrected chi connectivity index (χ0v) is 10.9. The van der Waals surface area contributed by atoms with Gasteiger partial charge in [-0.15, -0.1) is 13.2 Å². The molecule has 0 aliphatic carbocycles. The first-order valence-corrected chi connectivity index (χ1v) is 7.30. The van der Waals surface area contributed by atoms with Crippen molar-refractivity contribution in [3.8, 4) is 5.75 Å². The zero-order chi connectivity index (χ0) is 15.0. The summed E-state index contributed by atoms with van der Waals surface area (Å²) in [4.78, 5) is 12.6. The van der Waals surface area contributed by atoms with Crippen LogP contribution in [0, 0.1) is 0 Å². The van der Waals surface area contributed by atoms with Gasteiger partial charge in [0.1, 0.15) is 17.4 Å². The molecule has 0 aromatic heterocycles. The van der Waals surface area contributed by atoms with E-state index in [1.807, 2.05) is 0 Å². The Kier molecular flexibility index (Phi) is 3.63. The number of amides is 1. The molecule has 20 heavy (non-hydrogen) atoms. The van der Waals surface area contributed by atoms with Crippen LogP contribution in [0.2, 0.25) is 0 Å². The monoisotopic (exact) mass is 309 g/mol. The number of halogens is 3. The molecule has 0 bridgehead atoms. The van der Waals surface area contributed by atoms with Gasteiger partial charge in [0, 0.05) is 6.54 Å². The summed E-state index contributed by atoms with van der Waals surface area (Å²) >= 11 is 0. The average Bonchev–Trinajstić information content (AvgIpc) is 2.52. The highest BCUT2D eigenvalue weighted by Gasteiger charge is 2.33. The Morgan fingerprint density at radius 1 is 1.20 bits per heavy atom. The maximum Gasteiger partial charge on any atom is 0.573 e. The summed E-state index contributed by atoms with van der Waals surface area (Å²) in [6, 6.07) is 4.91. The number of hydrogen-bond donors (Lipinski definition) is 0. The van der Waals surface area contributed by atoms with E-state index in [1.165, 1.54) is 12.1 Å². The number of rotatable bonds is 3. The number of carbonyl (C=O) groups is 1. The van der Waals surface area contributed by atoms with Crippen LogP contribution in [0.25, 0.3) is 0 Å². The van der Waals surface area contributed by atoms with Crippen LogP contribution in [-0.4, -0.2) is 37.2 Å². The smallest absolute Gasteiger partial charge is 0.406 e. The van der Waals surface area contributed by atoms with Crippen molar-refractivity contribution in [3.63, 3.8) is 0 Å². The third-order valence-corrected chi connectivity index (χ3v) is 3.97. The Labute approximate surface area is 112 Å². The van der Waals surface area contributed by atoms with E-state index in [9.17, 15) is 26.4 Å². The van der Waals surface area contributed by atoms with Crippen LogP contribution in [0.3, 0.4) is 0 Å². The Morgan fingerprint density at radius 2 is 1.80 bits per heavy atom. The fourth-order valence-corrected chi connectivity index (χ4v) is 3.15. The van der Waals surface area contributed by atoms with E-state index in [0.717, 1.165) is 17.0 Å². The number of ether oxygens (including phenoxy) is 1. The molecule has 1 amide bonds. The molecule has 0 radical (unpaired) electrons. The first-order chi connectivity index (χ1) is 9.15. The van der Waals surface area contributed by atoms with Crippen molar-refractivity contribution >= 4 is 15.7 Å². The Bertz CT molecular complexity index is 610. The van der Waals surface area contributed by atoms with Crippen molar-refractivity contribution < 1.29 is 31.1 Å². The van der Waals surface area contributed by atoms with Crippen molar-refractivity contribution in [1.29, 1.82) is 0 Å². The third-order valence-electron chi connectivity index (χ3n) is 2.58. The minimum Gasteiger partial charge on any atom is -0.406 e. The van der Waals surface area contributed by atoms with Crippen molar-refractivity contribution in [2.45, 2.75) is 12.9 Å². The highest BCUT2D eigenvalue weighted by Crippen LogP contribution is 2.23. The predicted octanol–water partition coefficient (Wildman–Crippen LogP) is 1.30. The summed E-state index contributed by atoms with van der Waals surface area (Å²) in [6.45, 7) is 0.0321. The van der Waals surface area contributed by atoms with Crippen LogP contribution in [0.4, 0.5) is 13.2 Å². The maximum absolute atomic E-state index is 12.0. The number of benzene rings is 1. The Hall–Kier alpha value is -1.77. The lowest BCUT2D eigenvalue weighted by atomic mass is 10.2. The quantitative estimate of drug-likeness (QED) is 0.844. The van der Waals surface area contributed by atoms with E-state index in [0.29, 0.717) is 5.56 Å². The van der Waals surface area contributed by atoms with Gasteiger partial charge in [0.05, 0.1) is 0 Å². The Balaban J connectivity index is 2.03. The van der Waals surface area contributed by atoms with Gasteiger partial charge >= 0.3 is 6.36 Å². The fraction of sp³-hybridized carbons (Fsp3) is 0.364. The van der Waals surface area contributed by atoms with Gasteiger partial charge in [0.2, 0.25) is 5.91 Å². The predicted molar refractivity (Wildman–Crippen MR) is 62.3 cm³/mol. The molecule has 0 spiro atoms. The lowest BCUT2D eigenvalue weighted by Crippen LogP contribution is -2.25. The van der Waals surface area contributed by atoms with E-state index in [-0.39, 0.29) is 18.2 Å². The van der Waals surface area contributed by atoms with Crippen LogP contribution < -0.4 is 4.74 Å². The Morgan fingerprint density at radius 3 is 2.25 bits per heavy atom. The summed E-state index contributed by atoms with van der Waals surface area (Å²) in [7, 11) is -3.39. The van der Waals surface area contributed by atoms with Crippen LogP contribution in [0.1, 0.15) is 5.56 Å². The van der Waals surface area contributed by atoms with Crippen LogP contribution in [-0.2, 0) is 21.2 Å². The summed E-state index contributed by atoms with van der Waals surface area (Å²) < 4.78 is 62.1. The van der Waals surface area contributed by atoms with Gasteiger partial charge in [-0.05, 0) is 17.7 Å². The summed E-state index contributed by atoms with van der Waals surface area (Å²) in [6.07, 6.45) is -4.76. The maximum atomic E-state index is 12.0. The van der Waals surface area contributed by atoms with E-state index in [2.05, 4.69) is 4.74 Å². The molecule has 1 fully saturated rings. The average molecular weight is 309 g/mol. The van der Waals surface area contributed by atoms with Crippen molar-refractivity contribution in [2.75, 3.05) is 11.6 Å². The molecule has 1 aliphatic rings. The molecule has 2 rings (SSSR count). The number of nitrogens with zero attached hydrogens (tertiary/aromatic N) is 1. The second kappa shape index (κ2) is 4.97. The molecule has 0 unspecified atom stereocenters. The van der Waals surface area contributed by atoms with Crippen LogP contribution >= 0.6 is 0 Å². The van der Waals surface area contributed by atoms with Gasteiger partial charge in [-0.3, -0.25) is 4.79 Å². The molecule has 9 heteroatoms. The van der Waals surface area contributed by atoms with Gasteiger partial charge in [-0.2, -0.15) is 0 Å².